The Kier molecular flexibility index (Phi) is 5.02. The van der Waals surface area contributed by atoms with Crippen molar-refractivity contribution in [2.45, 2.75) is 37.6 Å². The minimum absolute atomic E-state index is 0.104. The highest BCUT2D eigenvalue weighted by atomic mass is 19.1. The first-order chi connectivity index (χ1) is 12.7. The van der Waals surface area contributed by atoms with Crippen molar-refractivity contribution in [3.63, 3.8) is 0 Å². The molecule has 0 aromatic heterocycles. The Morgan fingerprint density at radius 3 is 2.69 bits per heavy atom. The smallest absolute Gasteiger partial charge is 0.162 e. The van der Waals surface area contributed by atoms with Gasteiger partial charge in [0.25, 0.3) is 0 Å². The van der Waals surface area contributed by atoms with Gasteiger partial charge in [-0.05, 0) is 68.2 Å². The van der Waals surface area contributed by atoms with Crippen LogP contribution in [0, 0.1) is 5.82 Å². The van der Waals surface area contributed by atoms with E-state index in [0.29, 0.717) is 23.9 Å². The average molecular weight is 352 g/mol. The number of nitrogens with one attached hydrogen (secondary N) is 1. The molecule has 2 aromatic rings. The quantitative estimate of drug-likeness (QED) is 0.806. The summed E-state index contributed by atoms with van der Waals surface area (Å²) in [6, 6.07) is 15.1. The van der Waals surface area contributed by atoms with Gasteiger partial charge in [-0.1, -0.05) is 18.2 Å². The number of benzene rings is 2. The summed E-state index contributed by atoms with van der Waals surface area (Å²) in [4.78, 5) is 14.7. The van der Waals surface area contributed by atoms with Gasteiger partial charge in [-0.25, -0.2) is 4.39 Å². The molecule has 2 aliphatic heterocycles. The lowest BCUT2D eigenvalue weighted by molar-refractivity contribution is 0.0975. The fraction of sp³-hybridized carbons (Fsp3) is 0.409. The van der Waals surface area contributed by atoms with Gasteiger partial charge in [0.1, 0.15) is 5.82 Å². The first kappa shape index (κ1) is 17.2. The summed E-state index contributed by atoms with van der Waals surface area (Å²) in [5.41, 5.74) is 3.38. The van der Waals surface area contributed by atoms with Crippen molar-refractivity contribution in [1.82, 2.24) is 4.90 Å². The molecule has 2 heterocycles. The number of nitrogens with zero attached hydrogens (tertiary/aromatic N) is 1. The van der Waals surface area contributed by atoms with E-state index in [2.05, 4.69) is 34.5 Å². The van der Waals surface area contributed by atoms with Crippen molar-refractivity contribution in [2.75, 3.05) is 25.0 Å². The number of para-hydroxylation sites is 1. The number of carbonyl (C=O) groups excluding carboxylic acids is 1. The number of hydrogen-bond acceptors (Lipinski definition) is 3. The molecule has 1 fully saturated rings. The zero-order valence-electron chi connectivity index (χ0n) is 15.0. The number of carbonyl (C=O) groups is 1. The lowest BCUT2D eigenvalue weighted by atomic mass is 9.91. The third-order valence-electron chi connectivity index (χ3n) is 5.74. The number of fused-ring (bicyclic) bond motifs is 3. The molecule has 1 N–H and O–H groups in total. The Balaban J connectivity index is 1.27. The lowest BCUT2D eigenvalue weighted by Crippen LogP contribution is -2.27. The van der Waals surface area contributed by atoms with Crippen molar-refractivity contribution in [2.24, 2.45) is 0 Å². The van der Waals surface area contributed by atoms with Crippen LogP contribution in [-0.4, -0.2) is 36.4 Å². The topological polar surface area (TPSA) is 32.3 Å². The molecule has 2 unspecified atom stereocenters. The molecular weight excluding hydrogens is 327 g/mol. The minimum Gasteiger partial charge on any atom is -0.381 e. The number of anilines is 1. The molecular formula is C22H25FN2O. The first-order valence-corrected chi connectivity index (χ1v) is 9.57. The van der Waals surface area contributed by atoms with Crippen LogP contribution >= 0.6 is 0 Å². The Hall–Kier alpha value is -2.20. The highest BCUT2D eigenvalue weighted by Crippen LogP contribution is 2.40. The van der Waals surface area contributed by atoms with Crippen molar-refractivity contribution >= 4 is 11.5 Å². The molecule has 26 heavy (non-hydrogen) atoms. The van der Waals surface area contributed by atoms with Crippen molar-refractivity contribution < 1.29 is 9.18 Å². The van der Waals surface area contributed by atoms with E-state index >= 15 is 0 Å². The van der Waals surface area contributed by atoms with Gasteiger partial charge >= 0.3 is 0 Å². The molecule has 3 nitrogen and oxygen atoms in total. The van der Waals surface area contributed by atoms with E-state index in [-0.39, 0.29) is 11.6 Å². The zero-order valence-corrected chi connectivity index (χ0v) is 15.0. The van der Waals surface area contributed by atoms with Crippen molar-refractivity contribution in [3.8, 4) is 0 Å². The average Bonchev–Trinajstić information content (AvgIpc) is 2.89. The van der Waals surface area contributed by atoms with E-state index < -0.39 is 0 Å². The van der Waals surface area contributed by atoms with Crippen LogP contribution in [0.5, 0.6) is 0 Å². The highest BCUT2D eigenvalue weighted by Gasteiger charge is 2.33. The van der Waals surface area contributed by atoms with Crippen LogP contribution in [-0.2, 0) is 0 Å². The molecule has 4 heteroatoms. The Morgan fingerprint density at radius 2 is 1.85 bits per heavy atom. The van der Waals surface area contributed by atoms with Crippen LogP contribution in [0.3, 0.4) is 0 Å². The Morgan fingerprint density at radius 1 is 1.08 bits per heavy atom. The zero-order chi connectivity index (χ0) is 17.9. The van der Waals surface area contributed by atoms with E-state index in [4.69, 9.17) is 0 Å². The van der Waals surface area contributed by atoms with Gasteiger partial charge in [0.15, 0.2) is 5.78 Å². The molecule has 0 radical (unpaired) electrons. The maximum absolute atomic E-state index is 13.0. The highest BCUT2D eigenvalue weighted by molar-refractivity contribution is 5.95. The monoisotopic (exact) mass is 352 g/mol. The van der Waals surface area contributed by atoms with E-state index in [1.165, 1.54) is 29.8 Å². The standard InChI is InChI=1S/C22H25FN2O/c23-17-9-7-16(8-10-17)22(26)6-3-13-25-14-11-19-18-4-1-2-5-20(18)24-21(19)12-15-25/h1-2,4-5,7-10,19,21,24H,3,6,11-15H2. The number of ketones is 1. The molecule has 0 aliphatic carbocycles. The van der Waals surface area contributed by atoms with Gasteiger partial charge in [0, 0.05) is 36.2 Å². The van der Waals surface area contributed by atoms with Crippen molar-refractivity contribution in [3.05, 3.63) is 65.5 Å². The van der Waals surface area contributed by atoms with Gasteiger partial charge in [0.2, 0.25) is 0 Å². The maximum Gasteiger partial charge on any atom is 0.162 e. The summed E-state index contributed by atoms with van der Waals surface area (Å²) in [5, 5.41) is 3.69. The van der Waals surface area contributed by atoms with Crippen molar-refractivity contribution in [1.29, 1.82) is 0 Å². The van der Waals surface area contributed by atoms with Gasteiger partial charge in [0.05, 0.1) is 0 Å². The van der Waals surface area contributed by atoms with E-state index in [1.54, 1.807) is 12.1 Å². The molecule has 0 saturated carbocycles. The fourth-order valence-corrected chi connectivity index (χ4v) is 4.32. The second-order valence-corrected chi connectivity index (χ2v) is 7.40. The van der Waals surface area contributed by atoms with Crippen LogP contribution < -0.4 is 5.32 Å². The van der Waals surface area contributed by atoms with E-state index in [9.17, 15) is 9.18 Å². The van der Waals surface area contributed by atoms with Crippen LogP contribution in [0.1, 0.15) is 47.5 Å². The second kappa shape index (κ2) is 7.58. The van der Waals surface area contributed by atoms with Crippen LogP contribution in [0.4, 0.5) is 10.1 Å². The Bertz CT molecular complexity index is 774. The first-order valence-electron chi connectivity index (χ1n) is 9.57. The van der Waals surface area contributed by atoms with E-state index in [0.717, 1.165) is 32.5 Å². The SMILES string of the molecule is O=C(CCCN1CCC2Nc3ccccc3C2CC1)c1ccc(F)cc1. The van der Waals surface area contributed by atoms with Crippen LogP contribution in [0.25, 0.3) is 0 Å². The second-order valence-electron chi connectivity index (χ2n) is 7.40. The maximum atomic E-state index is 13.0. The van der Waals surface area contributed by atoms with Gasteiger partial charge in [-0.15, -0.1) is 0 Å². The third kappa shape index (κ3) is 3.65. The molecule has 4 rings (SSSR count). The van der Waals surface area contributed by atoms with Gasteiger partial charge in [-0.3, -0.25) is 4.79 Å². The molecule has 1 saturated heterocycles. The fourth-order valence-electron chi connectivity index (χ4n) is 4.32. The third-order valence-corrected chi connectivity index (χ3v) is 5.74. The number of halogens is 1. The molecule has 2 aliphatic rings. The minimum atomic E-state index is -0.299. The summed E-state index contributed by atoms with van der Waals surface area (Å²) >= 11 is 0. The van der Waals surface area contributed by atoms with Crippen LogP contribution in [0.15, 0.2) is 48.5 Å². The molecule has 2 atom stereocenters. The number of likely N-dealkylation sites (tertiary alicyclic amines) is 1. The Labute approximate surface area is 154 Å². The van der Waals surface area contributed by atoms with E-state index in [1.807, 2.05) is 0 Å². The summed E-state index contributed by atoms with van der Waals surface area (Å²) < 4.78 is 13.0. The molecule has 0 spiro atoms. The lowest BCUT2D eigenvalue weighted by Gasteiger charge is -2.20. The molecule has 0 amide bonds. The summed E-state index contributed by atoms with van der Waals surface area (Å²) in [7, 11) is 0. The number of rotatable bonds is 5. The van der Waals surface area contributed by atoms with Crippen LogP contribution in [0.2, 0.25) is 0 Å². The summed E-state index contributed by atoms with van der Waals surface area (Å²) in [5.74, 6) is 0.413. The normalized spacial score (nSPS) is 22.2. The summed E-state index contributed by atoms with van der Waals surface area (Å²) in [6.07, 6.45) is 3.69. The molecule has 136 valence electrons. The summed E-state index contributed by atoms with van der Waals surface area (Å²) in [6.45, 7) is 3.11. The largest absolute Gasteiger partial charge is 0.381 e. The number of hydrogen-bond donors (Lipinski definition) is 1. The predicted molar refractivity (Wildman–Crippen MR) is 102 cm³/mol. The predicted octanol–water partition coefficient (Wildman–Crippen LogP) is 4.46. The molecule has 2 aromatic carbocycles. The van der Waals surface area contributed by atoms with Gasteiger partial charge in [-0.2, -0.15) is 0 Å². The number of Topliss-reactive ketones (excluding diaryl/α,β-unsaturated/α-hetero) is 1. The molecule has 0 bridgehead atoms. The van der Waals surface area contributed by atoms with Gasteiger partial charge < -0.3 is 10.2 Å².